The van der Waals surface area contributed by atoms with Crippen LogP contribution in [0.4, 0.5) is 0 Å². The molecule has 3 aliphatic carbocycles. The molecule has 0 amide bonds. The minimum absolute atomic E-state index is 0.926. The SMILES string of the molecule is CC1CC=C(CC2=CCC(C3CCCCC3)CC2)CC1. The van der Waals surface area contributed by atoms with E-state index in [0.717, 1.165) is 17.8 Å². The van der Waals surface area contributed by atoms with Crippen LogP contribution in [0.5, 0.6) is 0 Å². The number of allylic oxidation sites excluding steroid dienone is 4. The lowest BCUT2D eigenvalue weighted by molar-refractivity contribution is 0.231. The van der Waals surface area contributed by atoms with E-state index in [1.807, 2.05) is 0 Å². The lowest BCUT2D eigenvalue weighted by Gasteiger charge is -2.33. The van der Waals surface area contributed by atoms with Crippen molar-refractivity contribution in [3.8, 4) is 0 Å². The summed E-state index contributed by atoms with van der Waals surface area (Å²) in [4.78, 5) is 0. The van der Waals surface area contributed by atoms with Crippen molar-refractivity contribution >= 4 is 0 Å². The molecule has 0 aromatic carbocycles. The molecule has 1 fully saturated rings. The molecule has 0 aromatic heterocycles. The molecule has 0 aromatic rings. The largest absolute Gasteiger partial charge is 0.0847 e. The van der Waals surface area contributed by atoms with Crippen LogP contribution in [-0.4, -0.2) is 0 Å². The zero-order chi connectivity index (χ0) is 13.8. The Morgan fingerprint density at radius 2 is 1.50 bits per heavy atom. The summed E-state index contributed by atoms with van der Waals surface area (Å²) in [6, 6.07) is 0. The van der Waals surface area contributed by atoms with E-state index in [2.05, 4.69) is 19.1 Å². The number of hydrogen-bond acceptors (Lipinski definition) is 0. The molecule has 0 heterocycles. The molecular weight excluding hydrogens is 240 g/mol. The van der Waals surface area contributed by atoms with Gasteiger partial charge >= 0.3 is 0 Å². The summed E-state index contributed by atoms with van der Waals surface area (Å²) in [5, 5.41) is 0. The van der Waals surface area contributed by atoms with Gasteiger partial charge in [-0.1, -0.05) is 62.3 Å². The van der Waals surface area contributed by atoms with Crippen LogP contribution in [0.2, 0.25) is 0 Å². The predicted octanol–water partition coefficient (Wildman–Crippen LogP) is 6.43. The summed E-state index contributed by atoms with van der Waals surface area (Å²) in [6.45, 7) is 2.39. The molecule has 112 valence electrons. The molecule has 0 bridgehead atoms. The maximum atomic E-state index is 2.63. The molecule has 1 saturated carbocycles. The van der Waals surface area contributed by atoms with Gasteiger partial charge in [-0.25, -0.2) is 0 Å². The maximum Gasteiger partial charge on any atom is -0.0108 e. The summed E-state index contributed by atoms with van der Waals surface area (Å²) < 4.78 is 0. The molecule has 0 saturated heterocycles. The second kappa shape index (κ2) is 6.96. The molecule has 0 heteroatoms. The molecule has 3 rings (SSSR count). The highest BCUT2D eigenvalue weighted by Crippen LogP contribution is 2.39. The molecule has 0 N–H and O–H groups in total. The zero-order valence-electron chi connectivity index (χ0n) is 13.4. The van der Waals surface area contributed by atoms with Gasteiger partial charge < -0.3 is 0 Å². The van der Waals surface area contributed by atoms with Gasteiger partial charge in [0.2, 0.25) is 0 Å². The molecule has 3 aliphatic rings. The van der Waals surface area contributed by atoms with Crippen LogP contribution < -0.4 is 0 Å². The fraction of sp³-hybridized carbons (Fsp3) is 0.800. The fourth-order valence-electron chi connectivity index (χ4n) is 4.57. The second-order valence-electron chi connectivity index (χ2n) is 7.71. The predicted molar refractivity (Wildman–Crippen MR) is 87.7 cm³/mol. The molecule has 2 atom stereocenters. The molecule has 0 radical (unpaired) electrons. The third kappa shape index (κ3) is 3.77. The summed E-state index contributed by atoms with van der Waals surface area (Å²) in [5.41, 5.74) is 3.50. The average Bonchev–Trinajstić information content (AvgIpc) is 2.51. The Bertz CT molecular complexity index is 367. The van der Waals surface area contributed by atoms with Gasteiger partial charge in [0.05, 0.1) is 0 Å². The van der Waals surface area contributed by atoms with Gasteiger partial charge in [-0.3, -0.25) is 0 Å². The van der Waals surface area contributed by atoms with Crippen LogP contribution in [0.25, 0.3) is 0 Å². The van der Waals surface area contributed by atoms with Crippen LogP contribution in [0.15, 0.2) is 23.3 Å². The third-order valence-corrected chi connectivity index (χ3v) is 6.08. The molecular formula is C20H32. The Morgan fingerprint density at radius 3 is 2.10 bits per heavy atom. The van der Waals surface area contributed by atoms with Gasteiger partial charge in [-0.05, 0) is 62.7 Å². The Morgan fingerprint density at radius 1 is 0.800 bits per heavy atom. The van der Waals surface area contributed by atoms with Crippen LogP contribution in [0, 0.1) is 17.8 Å². The lowest BCUT2D eigenvalue weighted by atomic mass is 9.73. The van der Waals surface area contributed by atoms with Crippen molar-refractivity contribution in [2.45, 2.75) is 84.0 Å². The van der Waals surface area contributed by atoms with E-state index in [1.165, 1.54) is 77.0 Å². The van der Waals surface area contributed by atoms with E-state index in [4.69, 9.17) is 0 Å². The van der Waals surface area contributed by atoms with Gasteiger partial charge in [-0.2, -0.15) is 0 Å². The summed E-state index contributed by atoms with van der Waals surface area (Å²) in [7, 11) is 0. The topological polar surface area (TPSA) is 0 Å². The quantitative estimate of drug-likeness (QED) is 0.519. The minimum Gasteiger partial charge on any atom is -0.0847 e. The third-order valence-electron chi connectivity index (χ3n) is 6.08. The lowest BCUT2D eigenvalue weighted by Crippen LogP contribution is -2.20. The van der Waals surface area contributed by atoms with Crippen LogP contribution in [0.1, 0.15) is 84.0 Å². The zero-order valence-corrected chi connectivity index (χ0v) is 13.4. The Balaban J connectivity index is 1.49. The van der Waals surface area contributed by atoms with Gasteiger partial charge in [0.15, 0.2) is 0 Å². The van der Waals surface area contributed by atoms with Crippen molar-refractivity contribution in [1.82, 2.24) is 0 Å². The van der Waals surface area contributed by atoms with E-state index in [0.29, 0.717) is 0 Å². The highest BCUT2D eigenvalue weighted by molar-refractivity contribution is 5.19. The fourth-order valence-corrected chi connectivity index (χ4v) is 4.57. The van der Waals surface area contributed by atoms with Crippen molar-refractivity contribution in [3.05, 3.63) is 23.3 Å². The Kier molecular flexibility index (Phi) is 5.02. The summed E-state index contributed by atoms with van der Waals surface area (Å²) in [5.74, 6) is 3.02. The van der Waals surface area contributed by atoms with E-state index >= 15 is 0 Å². The molecule has 0 spiro atoms. The monoisotopic (exact) mass is 272 g/mol. The van der Waals surface area contributed by atoms with Crippen LogP contribution in [-0.2, 0) is 0 Å². The van der Waals surface area contributed by atoms with E-state index < -0.39 is 0 Å². The van der Waals surface area contributed by atoms with Crippen LogP contribution >= 0.6 is 0 Å². The highest BCUT2D eigenvalue weighted by Gasteiger charge is 2.25. The van der Waals surface area contributed by atoms with Gasteiger partial charge in [0, 0.05) is 0 Å². The average molecular weight is 272 g/mol. The van der Waals surface area contributed by atoms with Crippen molar-refractivity contribution in [2.75, 3.05) is 0 Å². The first-order chi connectivity index (χ1) is 9.81. The molecule has 0 aliphatic heterocycles. The number of hydrogen-bond donors (Lipinski definition) is 0. The maximum absolute atomic E-state index is 2.63. The molecule has 2 unspecified atom stereocenters. The van der Waals surface area contributed by atoms with Gasteiger partial charge in [0.1, 0.15) is 0 Å². The van der Waals surface area contributed by atoms with Crippen LogP contribution in [0.3, 0.4) is 0 Å². The van der Waals surface area contributed by atoms with E-state index in [9.17, 15) is 0 Å². The normalized spacial score (nSPS) is 32.6. The smallest absolute Gasteiger partial charge is 0.0108 e. The van der Waals surface area contributed by atoms with Crippen molar-refractivity contribution in [3.63, 3.8) is 0 Å². The van der Waals surface area contributed by atoms with Crippen molar-refractivity contribution in [2.24, 2.45) is 17.8 Å². The number of rotatable bonds is 3. The summed E-state index contributed by atoms with van der Waals surface area (Å²) in [6.07, 6.45) is 22.4. The van der Waals surface area contributed by atoms with E-state index in [1.54, 1.807) is 11.1 Å². The van der Waals surface area contributed by atoms with Gasteiger partial charge in [-0.15, -0.1) is 0 Å². The van der Waals surface area contributed by atoms with E-state index in [-0.39, 0.29) is 0 Å². The first-order valence-electron chi connectivity index (χ1n) is 9.17. The Hall–Kier alpha value is -0.520. The second-order valence-corrected chi connectivity index (χ2v) is 7.71. The Labute approximate surface area is 125 Å². The van der Waals surface area contributed by atoms with Gasteiger partial charge in [0.25, 0.3) is 0 Å². The summed E-state index contributed by atoms with van der Waals surface area (Å²) >= 11 is 0. The first kappa shape index (κ1) is 14.4. The minimum atomic E-state index is 0.926. The van der Waals surface area contributed by atoms with Crippen molar-refractivity contribution in [1.29, 1.82) is 0 Å². The highest BCUT2D eigenvalue weighted by atomic mass is 14.3. The standard InChI is InChI=1S/C20H32/c1-16-7-9-17(10-8-16)15-18-11-13-20(14-12-18)19-5-3-2-4-6-19/h9,11,16,19-20H,2-8,10,12-15H2,1H3. The molecule has 20 heavy (non-hydrogen) atoms. The first-order valence-corrected chi connectivity index (χ1v) is 9.17. The molecule has 0 nitrogen and oxygen atoms in total. The van der Waals surface area contributed by atoms with Crippen molar-refractivity contribution < 1.29 is 0 Å².